The summed E-state index contributed by atoms with van der Waals surface area (Å²) in [6.45, 7) is 7.97. The molecule has 26 heavy (non-hydrogen) atoms. The second-order valence-electron chi connectivity index (χ2n) is 6.74. The minimum absolute atomic E-state index is 0.136. The lowest BCUT2D eigenvalue weighted by Crippen LogP contribution is -2.44. The van der Waals surface area contributed by atoms with Gasteiger partial charge in [-0.3, -0.25) is 9.48 Å². The molecule has 3 aromatic rings. The third kappa shape index (κ3) is 3.37. The van der Waals surface area contributed by atoms with E-state index in [0.717, 1.165) is 22.6 Å². The Morgan fingerprint density at radius 3 is 2.54 bits per heavy atom. The highest BCUT2D eigenvalue weighted by Crippen LogP contribution is 2.20. The molecule has 3 rings (SSSR count). The molecule has 0 bridgehead atoms. The zero-order valence-corrected chi connectivity index (χ0v) is 16.1. The van der Waals surface area contributed by atoms with Crippen LogP contribution in [0.2, 0.25) is 5.02 Å². The zero-order chi connectivity index (χ0) is 18.9. The van der Waals surface area contributed by atoms with Crippen LogP contribution < -0.4 is 5.32 Å². The number of hydrogen-bond donors (Lipinski definition) is 1. The molecule has 0 atom stereocenters. The Bertz CT molecular complexity index is 927. The number of halogens is 1. The molecule has 0 aliphatic carbocycles. The quantitative estimate of drug-likeness (QED) is 0.747. The number of para-hydroxylation sites is 1. The topological polar surface area (TPSA) is 64.7 Å². The molecular formula is C19H22ClN5O. The maximum absolute atomic E-state index is 12.7. The Morgan fingerprint density at radius 2 is 1.92 bits per heavy atom. The number of amides is 1. The molecule has 136 valence electrons. The van der Waals surface area contributed by atoms with Crippen LogP contribution in [-0.4, -0.2) is 25.5 Å². The molecule has 0 fully saturated rings. The van der Waals surface area contributed by atoms with Gasteiger partial charge in [0.25, 0.3) is 0 Å². The van der Waals surface area contributed by atoms with E-state index in [1.165, 1.54) is 6.20 Å². The number of aryl methyl sites for hydroxylation is 1. The van der Waals surface area contributed by atoms with Crippen LogP contribution in [-0.2, 0) is 16.9 Å². The van der Waals surface area contributed by atoms with Crippen molar-refractivity contribution < 1.29 is 4.79 Å². The number of aromatic nitrogens is 4. The molecule has 2 heterocycles. The molecule has 0 saturated carbocycles. The fraction of sp³-hybridized carbons (Fsp3) is 0.316. The SMILES string of the molecule is Cc1nn(-c2ccccc2)c(C)c1CNC(=O)C(C)(C)n1cc(Cl)cn1. The maximum atomic E-state index is 12.7. The number of nitrogens with one attached hydrogen (secondary N) is 1. The minimum Gasteiger partial charge on any atom is -0.350 e. The van der Waals surface area contributed by atoms with E-state index in [9.17, 15) is 4.79 Å². The summed E-state index contributed by atoms with van der Waals surface area (Å²) in [5.41, 5.74) is 3.07. The van der Waals surface area contributed by atoms with E-state index in [1.807, 2.05) is 48.9 Å². The van der Waals surface area contributed by atoms with Crippen molar-refractivity contribution >= 4 is 17.5 Å². The lowest BCUT2D eigenvalue weighted by molar-refractivity contribution is -0.129. The zero-order valence-electron chi connectivity index (χ0n) is 15.3. The van der Waals surface area contributed by atoms with E-state index in [-0.39, 0.29) is 5.91 Å². The van der Waals surface area contributed by atoms with E-state index in [1.54, 1.807) is 24.7 Å². The van der Waals surface area contributed by atoms with Crippen LogP contribution in [0, 0.1) is 13.8 Å². The van der Waals surface area contributed by atoms with Gasteiger partial charge in [-0.1, -0.05) is 29.8 Å². The predicted octanol–water partition coefficient (Wildman–Crippen LogP) is 3.39. The summed E-state index contributed by atoms with van der Waals surface area (Å²) in [6.07, 6.45) is 3.17. The van der Waals surface area contributed by atoms with Gasteiger partial charge in [0.1, 0.15) is 5.54 Å². The molecule has 0 aliphatic rings. The third-order valence-corrected chi connectivity index (χ3v) is 4.74. The second kappa shape index (κ2) is 6.96. The molecule has 1 amide bonds. The van der Waals surface area contributed by atoms with Crippen molar-refractivity contribution in [1.29, 1.82) is 0 Å². The lowest BCUT2D eigenvalue weighted by Gasteiger charge is -2.24. The molecule has 7 heteroatoms. The van der Waals surface area contributed by atoms with Crippen molar-refractivity contribution in [2.75, 3.05) is 0 Å². The van der Waals surface area contributed by atoms with Crippen LogP contribution in [0.1, 0.15) is 30.8 Å². The van der Waals surface area contributed by atoms with Gasteiger partial charge in [-0.15, -0.1) is 0 Å². The molecule has 0 unspecified atom stereocenters. The van der Waals surface area contributed by atoms with Gasteiger partial charge < -0.3 is 5.32 Å². The molecule has 1 N–H and O–H groups in total. The smallest absolute Gasteiger partial charge is 0.247 e. The van der Waals surface area contributed by atoms with Crippen molar-refractivity contribution in [1.82, 2.24) is 24.9 Å². The predicted molar refractivity (Wildman–Crippen MR) is 101 cm³/mol. The Morgan fingerprint density at radius 1 is 1.23 bits per heavy atom. The summed E-state index contributed by atoms with van der Waals surface area (Å²) in [4.78, 5) is 12.7. The summed E-state index contributed by atoms with van der Waals surface area (Å²) in [7, 11) is 0. The van der Waals surface area contributed by atoms with Crippen LogP contribution in [0.15, 0.2) is 42.7 Å². The number of carbonyl (C=O) groups excluding carboxylic acids is 1. The van der Waals surface area contributed by atoms with Gasteiger partial charge in [0, 0.05) is 24.0 Å². The number of hydrogen-bond acceptors (Lipinski definition) is 3. The molecule has 0 saturated heterocycles. The summed E-state index contributed by atoms with van der Waals surface area (Å²) >= 11 is 5.92. The van der Waals surface area contributed by atoms with Crippen LogP contribution >= 0.6 is 11.6 Å². The minimum atomic E-state index is -0.843. The molecule has 0 spiro atoms. The third-order valence-electron chi connectivity index (χ3n) is 4.55. The summed E-state index contributed by atoms with van der Waals surface area (Å²) in [5, 5.41) is 12.3. The van der Waals surface area contributed by atoms with E-state index in [4.69, 9.17) is 11.6 Å². The van der Waals surface area contributed by atoms with E-state index in [2.05, 4.69) is 15.5 Å². The summed E-state index contributed by atoms with van der Waals surface area (Å²) in [5.74, 6) is -0.136. The van der Waals surface area contributed by atoms with Crippen molar-refractivity contribution in [3.05, 3.63) is 64.7 Å². The second-order valence-corrected chi connectivity index (χ2v) is 7.18. The van der Waals surface area contributed by atoms with Crippen LogP contribution in [0.25, 0.3) is 5.69 Å². The van der Waals surface area contributed by atoms with Gasteiger partial charge >= 0.3 is 0 Å². The Balaban J connectivity index is 1.78. The average molecular weight is 372 g/mol. The van der Waals surface area contributed by atoms with Crippen LogP contribution in [0.4, 0.5) is 0 Å². The van der Waals surface area contributed by atoms with Gasteiger partial charge in [0.15, 0.2) is 0 Å². The Labute approximate surface area is 157 Å². The van der Waals surface area contributed by atoms with Gasteiger partial charge in [0.05, 0.1) is 22.6 Å². The fourth-order valence-electron chi connectivity index (χ4n) is 2.85. The van der Waals surface area contributed by atoms with Crippen LogP contribution in [0.3, 0.4) is 0 Å². The summed E-state index contributed by atoms with van der Waals surface area (Å²) < 4.78 is 3.47. The van der Waals surface area contributed by atoms with Gasteiger partial charge in [-0.2, -0.15) is 10.2 Å². The highest BCUT2D eigenvalue weighted by atomic mass is 35.5. The van der Waals surface area contributed by atoms with E-state index >= 15 is 0 Å². The van der Waals surface area contributed by atoms with Crippen molar-refractivity contribution in [2.24, 2.45) is 0 Å². The largest absolute Gasteiger partial charge is 0.350 e. The highest BCUT2D eigenvalue weighted by molar-refractivity contribution is 6.30. The molecule has 6 nitrogen and oxygen atoms in total. The maximum Gasteiger partial charge on any atom is 0.247 e. The van der Waals surface area contributed by atoms with Gasteiger partial charge in [0.2, 0.25) is 5.91 Å². The Hall–Kier alpha value is -2.60. The lowest BCUT2D eigenvalue weighted by atomic mass is 10.0. The van der Waals surface area contributed by atoms with Crippen molar-refractivity contribution in [2.45, 2.75) is 39.8 Å². The van der Waals surface area contributed by atoms with Gasteiger partial charge in [-0.05, 0) is 39.8 Å². The van der Waals surface area contributed by atoms with Crippen molar-refractivity contribution in [3.8, 4) is 5.69 Å². The molecule has 0 aliphatic heterocycles. The first-order valence-electron chi connectivity index (χ1n) is 8.40. The molecule has 1 aromatic carbocycles. The number of benzene rings is 1. The molecule has 0 radical (unpaired) electrons. The first-order chi connectivity index (χ1) is 12.3. The van der Waals surface area contributed by atoms with Gasteiger partial charge in [-0.25, -0.2) is 4.68 Å². The van der Waals surface area contributed by atoms with E-state index < -0.39 is 5.54 Å². The normalized spacial score (nSPS) is 11.6. The van der Waals surface area contributed by atoms with Crippen molar-refractivity contribution in [3.63, 3.8) is 0 Å². The van der Waals surface area contributed by atoms with E-state index in [0.29, 0.717) is 11.6 Å². The molecule has 2 aromatic heterocycles. The first-order valence-corrected chi connectivity index (χ1v) is 8.78. The number of rotatable bonds is 5. The highest BCUT2D eigenvalue weighted by Gasteiger charge is 2.30. The summed E-state index contributed by atoms with van der Waals surface area (Å²) in [6, 6.07) is 9.94. The monoisotopic (exact) mass is 371 g/mol. The standard InChI is InChI=1S/C19H22ClN5O/c1-13-17(14(2)25(23-13)16-8-6-5-7-9-16)11-21-18(26)19(3,4)24-12-15(20)10-22-24/h5-10,12H,11H2,1-4H3,(H,21,26). The number of carbonyl (C=O) groups is 1. The van der Waals surface area contributed by atoms with Crippen LogP contribution in [0.5, 0.6) is 0 Å². The fourth-order valence-corrected chi connectivity index (χ4v) is 2.98. The first kappa shape index (κ1) is 18.2. The molecular weight excluding hydrogens is 350 g/mol. The average Bonchev–Trinajstić information content (AvgIpc) is 3.18. The number of nitrogens with zero attached hydrogens (tertiary/aromatic N) is 4. The Kier molecular flexibility index (Phi) is 4.87.